The predicted octanol–water partition coefficient (Wildman–Crippen LogP) is 1.79. The Balaban J connectivity index is 1.77. The van der Waals surface area contributed by atoms with E-state index < -0.39 is 10.0 Å². The molecule has 0 saturated heterocycles. The van der Waals surface area contributed by atoms with Gasteiger partial charge < -0.3 is 0 Å². The molecular weight excluding hydrogens is 334 g/mol. The summed E-state index contributed by atoms with van der Waals surface area (Å²) in [5, 5.41) is 4.40. The zero-order valence-corrected chi connectivity index (χ0v) is 14.7. The molecule has 0 aliphatic rings. The summed E-state index contributed by atoms with van der Waals surface area (Å²) in [5.41, 5.74) is 4.14. The second kappa shape index (κ2) is 5.99. The van der Waals surface area contributed by atoms with Crippen LogP contribution < -0.4 is 4.72 Å². The van der Waals surface area contributed by atoms with Crippen LogP contribution in [0.25, 0.3) is 11.0 Å². The second-order valence-electron chi connectivity index (χ2n) is 5.30. The number of nitrogens with zero attached hydrogens (tertiary/aromatic N) is 4. The van der Waals surface area contributed by atoms with Crippen LogP contribution in [0.3, 0.4) is 0 Å². The van der Waals surface area contributed by atoms with Gasteiger partial charge >= 0.3 is 0 Å². The van der Waals surface area contributed by atoms with Crippen LogP contribution in [0.1, 0.15) is 17.0 Å². The molecule has 0 fully saturated rings. The number of aryl methyl sites for hydroxylation is 1. The van der Waals surface area contributed by atoms with Crippen molar-refractivity contribution in [1.82, 2.24) is 23.2 Å². The first-order valence-electron chi connectivity index (χ1n) is 7.11. The topological polar surface area (TPSA) is 89.8 Å². The maximum atomic E-state index is 12.5. The van der Waals surface area contributed by atoms with Crippen molar-refractivity contribution in [3.8, 4) is 0 Å². The minimum atomic E-state index is -3.63. The zero-order valence-electron chi connectivity index (χ0n) is 13.1. The first kappa shape index (κ1) is 16.0. The minimum Gasteiger partial charge on any atom is -0.268 e. The van der Waals surface area contributed by atoms with E-state index in [1.54, 1.807) is 18.2 Å². The number of hydrogen-bond acceptors (Lipinski definition) is 6. The van der Waals surface area contributed by atoms with Crippen molar-refractivity contribution in [2.75, 3.05) is 6.54 Å². The highest BCUT2D eigenvalue weighted by atomic mass is 32.2. The fourth-order valence-electron chi connectivity index (χ4n) is 2.37. The third-order valence-corrected chi connectivity index (χ3v) is 5.93. The molecular formula is C14H17N5O2S2. The number of benzene rings is 1. The number of rotatable bonds is 5. The van der Waals surface area contributed by atoms with E-state index in [9.17, 15) is 8.42 Å². The Hall–Kier alpha value is -1.84. The van der Waals surface area contributed by atoms with Crippen LogP contribution in [-0.4, -0.2) is 33.5 Å². The average Bonchev–Trinajstić information content (AvgIpc) is 3.08. The maximum absolute atomic E-state index is 12.5. The molecule has 23 heavy (non-hydrogen) atoms. The normalized spacial score (nSPS) is 12.1. The van der Waals surface area contributed by atoms with Crippen molar-refractivity contribution >= 4 is 32.8 Å². The highest BCUT2D eigenvalue weighted by Gasteiger charge is 2.19. The number of fused-ring (bicyclic) bond motifs is 1. The van der Waals surface area contributed by atoms with E-state index in [1.165, 1.54) is 0 Å². The molecule has 0 saturated carbocycles. The van der Waals surface area contributed by atoms with Gasteiger partial charge in [0.1, 0.15) is 15.9 Å². The highest BCUT2D eigenvalue weighted by Crippen LogP contribution is 2.20. The van der Waals surface area contributed by atoms with Crippen LogP contribution in [0.15, 0.2) is 23.1 Å². The first-order chi connectivity index (χ1) is 10.9. The summed E-state index contributed by atoms with van der Waals surface area (Å²) in [4.78, 5) is 0.160. The molecule has 0 bridgehead atoms. The van der Waals surface area contributed by atoms with Crippen molar-refractivity contribution in [3.63, 3.8) is 0 Å². The van der Waals surface area contributed by atoms with Gasteiger partial charge in [-0.05, 0) is 38.5 Å². The van der Waals surface area contributed by atoms with E-state index in [4.69, 9.17) is 0 Å². The summed E-state index contributed by atoms with van der Waals surface area (Å²) >= 11 is 1.00. The van der Waals surface area contributed by atoms with E-state index >= 15 is 0 Å². The Bertz CT molecular complexity index is 959. The van der Waals surface area contributed by atoms with Crippen molar-refractivity contribution < 1.29 is 8.42 Å². The Kier molecular flexibility index (Phi) is 4.17. The fraction of sp³-hybridized carbons (Fsp3) is 0.357. The van der Waals surface area contributed by atoms with E-state index in [0.717, 1.165) is 28.7 Å². The van der Waals surface area contributed by atoms with Crippen molar-refractivity contribution in [2.45, 2.75) is 32.2 Å². The van der Waals surface area contributed by atoms with Crippen molar-refractivity contribution in [2.24, 2.45) is 0 Å². The summed E-state index contributed by atoms with van der Waals surface area (Å²) < 4.78 is 37.5. The number of aromatic nitrogens is 4. The molecule has 0 amide bonds. The molecule has 1 aromatic carbocycles. The van der Waals surface area contributed by atoms with Crippen LogP contribution in [0, 0.1) is 20.8 Å². The summed E-state index contributed by atoms with van der Waals surface area (Å²) in [6.07, 6.45) is 0. The quantitative estimate of drug-likeness (QED) is 0.757. The van der Waals surface area contributed by atoms with Crippen LogP contribution in [0.5, 0.6) is 0 Å². The van der Waals surface area contributed by atoms with Gasteiger partial charge in [0.2, 0.25) is 10.0 Å². The van der Waals surface area contributed by atoms with Crippen LogP contribution in [-0.2, 0) is 16.6 Å². The van der Waals surface area contributed by atoms with Gasteiger partial charge in [-0.15, -0.1) is 0 Å². The Morgan fingerprint density at radius 1 is 1.22 bits per heavy atom. The van der Waals surface area contributed by atoms with Gasteiger partial charge in [-0.2, -0.15) is 13.8 Å². The molecule has 0 atom stereocenters. The lowest BCUT2D eigenvalue weighted by Gasteiger charge is -2.08. The molecule has 3 aromatic rings. The van der Waals surface area contributed by atoms with Gasteiger partial charge in [0.25, 0.3) is 0 Å². The smallest absolute Gasteiger partial charge is 0.242 e. The van der Waals surface area contributed by atoms with Gasteiger partial charge in [0.15, 0.2) is 0 Å². The molecule has 0 radical (unpaired) electrons. The van der Waals surface area contributed by atoms with Gasteiger partial charge in [-0.25, -0.2) is 13.1 Å². The SMILES string of the molecule is Cc1nn(CCNS(=O)(=O)c2cccc3nsnc23)c(C)c1C. The third-order valence-electron chi connectivity index (χ3n) is 3.90. The highest BCUT2D eigenvalue weighted by molar-refractivity contribution is 7.89. The lowest BCUT2D eigenvalue weighted by Crippen LogP contribution is -2.28. The van der Waals surface area contributed by atoms with Crippen LogP contribution in [0.2, 0.25) is 0 Å². The Morgan fingerprint density at radius 2 is 2.00 bits per heavy atom. The summed E-state index contributed by atoms with van der Waals surface area (Å²) in [6, 6.07) is 4.96. The lowest BCUT2D eigenvalue weighted by atomic mass is 10.2. The summed E-state index contributed by atoms with van der Waals surface area (Å²) in [5.74, 6) is 0. The monoisotopic (exact) mass is 351 g/mol. The Morgan fingerprint density at radius 3 is 2.70 bits per heavy atom. The molecule has 2 aromatic heterocycles. The van der Waals surface area contributed by atoms with Gasteiger partial charge in [-0.1, -0.05) is 6.07 Å². The average molecular weight is 351 g/mol. The van der Waals surface area contributed by atoms with Gasteiger partial charge in [0.05, 0.1) is 24.0 Å². The molecule has 1 N–H and O–H groups in total. The van der Waals surface area contributed by atoms with E-state index in [-0.39, 0.29) is 11.4 Å². The largest absolute Gasteiger partial charge is 0.268 e. The van der Waals surface area contributed by atoms with E-state index in [0.29, 0.717) is 17.6 Å². The molecule has 2 heterocycles. The number of hydrogen-bond donors (Lipinski definition) is 1. The minimum absolute atomic E-state index is 0.160. The molecule has 122 valence electrons. The number of sulfonamides is 1. The summed E-state index contributed by atoms with van der Waals surface area (Å²) in [7, 11) is -3.63. The molecule has 7 nitrogen and oxygen atoms in total. The molecule has 0 aliphatic heterocycles. The maximum Gasteiger partial charge on any atom is 0.242 e. The zero-order chi connectivity index (χ0) is 16.6. The molecule has 3 rings (SSSR count). The van der Waals surface area contributed by atoms with Gasteiger partial charge in [0, 0.05) is 12.2 Å². The summed E-state index contributed by atoms with van der Waals surface area (Å²) in [6.45, 7) is 6.67. The molecule has 0 aliphatic carbocycles. The van der Waals surface area contributed by atoms with Crippen molar-refractivity contribution in [3.05, 3.63) is 35.2 Å². The van der Waals surface area contributed by atoms with Crippen molar-refractivity contribution in [1.29, 1.82) is 0 Å². The third kappa shape index (κ3) is 2.99. The lowest BCUT2D eigenvalue weighted by molar-refractivity contribution is 0.554. The molecule has 0 spiro atoms. The molecule has 0 unspecified atom stereocenters. The Labute approximate surface area is 138 Å². The first-order valence-corrected chi connectivity index (χ1v) is 9.33. The van der Waals surface area contributed by atoms with E-state index in [1.807, 2.05) is 25.5 Å². The second-order valence-corrected chi connectivity index (χ2v) is 7.57. The number of nitrogens with one attached hydrogen (secondary N) is 1. The van der Waals surface area contributed by atoms with Crippen LogP contribution >= 0.6 is 11.7 Å². The standard InChI is InChI=1S/C14H17N5O2S2/c1-9-10(2)16-19(11(9)3)8-7-15-23(20,21)13-6-4-5-12-14(13)18-22-17-12/h4-6,15H,7-8H2,1-3H3. The fourth-order valence-corrected chi connectivity index (χ4v) is 4.15. The van der Waals surface area contributed by atoms with Gasteiger partial charge in [-0.3, -0.25) is 4.68 Å². The predicted molar refractivity (Wildman–Crippen MR) is 89.0 cm³/mol. The van der Waals surface area contributed by atoms with Crippen LogP contribution in [0.4, 0.5) is 0 Å². The van der Waals surface area contributed by atoms with E-state index in [2.05, 4.69) is 18.6 Å². The molecule has 9 heteroatoms.